The summed E-state index contributed by atoms with van der Waals surface area (Å²) < 4.78 is 4.91. The zero-order valence-electron chi connectivity index (χ0n) is 10.6. The van der Waals surface area contributed by atoms with Gasteiger partial charge in [0, 0.05) is 0 Å². The number of ether oxygens (including phenoxy) is 1. The van der Waals surface area contributed by atoms with Crippen molar-refractivity contribution in [2.45, 2.75) is 19.4 Å². The molecule has 4 nitrogen and oxygen atoms in total. The summed E-state index contributed by atoms with van der Waals surface area (Å²) in [5.74, 6) is -1.10. The van der Waals surface area contributed by atoms with Gasteiger partial charge in [0.2, 0.25) is 0 Å². The summed E-state index contributed by atoms with van der Waals surface area (Å²) in [5, 5.41) is 2.18. The number of carbonyl (C=O) groups excluding carboxylic acids is 2. The molecular formula is C15H15NO3. The van der Waals surface area contributed by atoms with Crippen LogP contribution in [0.15, 0.2) is 42.5 Å². The predicted octanol–water partition coefficient (Wildman–Crippen LogP) is 1.80. The van der Waals surface area contributed by atoms with E-state index in [9.17, 15) is 9.59 Å². The molecule has 0 bridgehead atoms. The number of fused-ring (bicyclic) bond motifs is 1. The monoisotopic (exact) mass is 257 g/mol. The van der Waals surface area contributed by atoms with Gasteiger partial charge in [-0.2, -0.15) is 0 Å². The molecule has 0 aliphatic carbocycles. The SMILES string of the molecule is C[C@@H](OC(=O)Cc1ccc2ccccc2c1)C(N)=O. The summed E-state index contributed by atoms with van der Waals surface area (Å²) >= 11 is 0. The Morgan fingerprint density at radius 2 is 1.84 bits per heavy atom. The van der Waals surface area contributed by atoms with Gasteiger partial charge in [-0.25, -0.2) is 0 Å². The van der Waals surface area contributed by atoms with Crippen LogP contribution in [0.4, 0.5) is 0 Å². The second kappa shape index (κ2) is 5.52. The molecule has 0 spiro atoms. The van der Waals surface area contributed by atoms with E-state index in [4.69, 9.17) is 10.5 Å². The minimum Gasteiger partial charge on any atom is -0.452 e. The highest BCUT2D eigenvalue weighted by atomic mass is 16.5. The summed E-state index contributed by atoms with van der Waals surface area (Å²) in [4.78, 5) is 22.4. The van der Waals surface area contributed by atoms with E-state index in [1.807, 2.05) is 42.5 Å². The number of primary amides is 1. The largest absolute Gasteiger partial charge is 0.452 e. The molecule has 0 aromatic heterocycles. The molecule has 2 rings (SSSR count). The first-order chi connectivity index (χ1) is 9.06. The highest BCUT2D eigenvalue weighted by molar-refractivity contribution is 5.85. The van der Waals surface area contributed by atoms with E-state index < -0.39 is 18.0 Å². The highest BCUT2D eigenvalue weighted by Gasteiger charge is 2.14. The standard InChI is InChI=1S/C15H15NO3/c1-10(15(16)18)19-14(17)9-11-6-7-12-4-2-3-5-13(12)8-11/h2-8,10H,9H2,1H3,(H2,16,18)/t10-/m1/s1. The lowest BCUT2D eigenvalue weighted by atomic mass is 10.1. The first-order valence-corrected chi connectivity index (χ1v) is 6.03. The smallest absolute Gasteiger partial charge is 0.311 e. The van der Waals surface area contributed by atoms with Crippen molar-refractivity contribution in [3.8, 4) is 0 Å². The topological polar surface area (TPSA) is 69.4 Å². The molecule has 1 atom stereocenters. The van der Waals surface area contributed by atoms with Gasteiger partial charge in [0.15, 0.2) is 6.10 Å². The maximum absolute atomic E-state index is 11.6. The molecule has 19 heavy (non-hydrogen) atoms. The van der Waals surface area contributed by atoms with Gasteiger partial charge in [-0.05, 0) is 23.3 Å². The van der Waals surface area contributed by atoms with E-state index in [0.717, 1.165) is 16.3 Å². The van der Waals surface area contributed by atoms with Crippen molar-refractivity contribution < 1.29 is 14.3 Å². The third-order valence-electron chi connectivity index (χ3n) is 2.87. The van der Waals surface area contributed by atoms with Gasteiger partial charge < -0.3 is 10.5 Å². The van der Waals surface area contributed by atoms with Crippen molar-refractivity contribution in [1.29, 1.82) is 0 Å². The minimum atomic E-state index is -0.895. The Morgan fingerprint density at radius 3 is 2.53 bits per heavy atom. The number of benzene rings is 2. The Hall–Kier alpha value is -2.36. The quantitative estimate of drug-likeness (QED) is 0.849. The molecule has 98 valence electrons. The summed E-state index contributed by atoms with van der Waals surface area (Å²) in [6.45, 7) is 1.46. The van der Waals surface area contributed by atoms with Gasteiger partial charge >= 0.3 is 5.97 Å². The average Bonchev–Trinajstić information content (AvgIpc) is 2.38. The zero-order chi connectivity index (χ0) is 13.8. The van der Waals surface area contributed by atoms with Gasteiger partial charge in [0.05, 0.1) is 6.42 Å². The zero-order valence-corrected chi connectivity index (χ0v) is 10.6. The molecule has 0 aliphatic rings. The van der Waals surface area contributed by atoms with Gasteiger partial charge in [-0.3, -0.25) is 9.59 Å². The van der Waals surface area contributed by atoms with E-state index >= 15 is 0 Å². The van der Waals surface area contributed by atoms with Crippen LogP contribution in [0.2, 0.25) is 0 Å². The fourth-order valence-electron chi connectivity index (χ4n) is 1.81. The summed E-state index contributed by atoms with van der Waals surface area (Å²) in [6.07, 6.45) is -0.768. The highest BCUT2D eigenvalue weighted by Crippen LogP contribution is 2.16. The van der Waals surface area contributed by atoms with Crippen LogP contribution in [-0.2, 0) is 20.7 Å². The van der Waals surface area contributed by atoms with Crippen molar-refractivity contribution in [3.05, 3.63) is 48.0 Å². The van der Waals surface area contributed by atoms with E-state index in [2.05, 4.69) is 0 Å². The molecule has 0 saturated heterocycles. The molecule has 2 N–H and O–H groups in total. The lowest BCUT2D eigenvalue weighted by molar-refractivity contribution is -0.153. The molecule has 0 radical (unpaired) electrons. The van der Waals surface area contributed by atoms with Crippen molar-refractivity contribution in [1.82, 2.24) is 0 Å². The van der Waals surface area contributed by atoms with Crippen LogP contribution < -0.4 is 5.73 Å². The van der Waals surface area contributed by atoms with Crippen LogP contribution >= 0.6 is 0 Å². The normalized spacial score (nSPS) is 12.1. The first kappa shape index (κ1) is 13.1. The van der Waals surface area contributed by atoms with Crippen molar-refractivity contribution in [2.75, 3.05) is 0 Å². The number of amides is 1. The van der Waals surface area contributed by atoms with Crippen LogP contribution in [0.25, 0.3) is 10.8 Å². The summed E-state index contributed by atoms with van der Waals surface area (Å²) in [5.41, 5.74) is 5.88. The molecule has 2 aromatic rings. The number of carbonyl (C=O) groups is 2. The molecule has 0 unspecified atom stereocenters. The minimum absolute atomic E-state index is 0.127. The van der Waals surface area contributed by atoms with Gasteiger partial charge in [0.1, 0.15) is 0 Å². The van der Waals surface area contributed by atoms with Crippen molar-refractivity contribution in [2.24, 2.45) is 5.73 Å². The Labute approximate surface area is 111 Å². The molecule has 0 heterocycles. The van der Waals surface area contributed by atoms with Crippen LogP contribution in [0.1, 0.15) is 12.5 Å². The Morgan fingerprint density at radius 1 is 1.16 bits per heavy atom. The summed E-state index contributed by atoms with van der Waals surface area (Å²) in [6, 6.07) is 13.7. The third kappa shape index (κ3) is 3.31. The molecule has 0 aliphatic heterocycles. The van der Waals surface area contributed by atoms with E-state index in [1.54, 1.807) is 0 Å². The maximum atomic E-state index is 11.6. The van der Waals surface area contributed by atoms with Crippen molar-refractivity contribution in [3.63, 3.8) is 0 Å². The molecule has 4 heteroatoms. The van der Waals surface area contributed by atoms with Crippen LogP contribution in [0.5, 0.6) is 0 Å². The van der Waals surface area contributed by atoms with Gasteiger partial charge in [-0.1, -0.05) is 42.5 Å². The van der Waals surface area contributed by atoms with Gasteiger partial charge in [0.25, 0.3) is 5.91 Å². The number of nitrogens with two attached hydrogens (primary N) is 1. The predicted molar refractivity (Wildman–Crippen MR) is 72.4 cm³/mol. The molecule has 1 amide bonds. The van der Waals surface area contributed by atoms with Crippen LogP contribution in [0.3, 0.4) is 0 Å². The maximum Gasteiger partial charge on any atom is 0.311 e. The Balaban J connectivity index is 2.09. The lowest BCUT2D eigenvalue weighted by Gasteiger charge is -2.09. The van der Waals surface area contributed by atoms with Crippen LogP contribution in [-0.4, -0.2) is 18.0 Å². The Kier molecular flexibility index (Phi) is 3.80. The number of esters is 1. The average molecular weight is 257 g/mol. The number of hydrogen-bond donors (Lipinski definition) is 1. The van der Waals surface area contributed by atoms with E-state index in [-0.39, 0.29) is 6.42 Å². The number of rotatable bonds is 4. The fraction of sp³-hybridized carbons (Fsp3) is 0.200. The number of hydrogen-bond acceptors (Lipinski definition) is 3. The summed E-state index contributed by atoms with van der Waals surface area (Å²) in [7, 11) is 0. The van der Waals surface area contributed by atoms with E-state index in [0.29, 0.717) is 0 Å². The van der Waals surface area contributed by atoms with E-state index in [1.165, 1.54) is 6.92 Å². The van der Waals surface area contributed by atoms with Crippen molar-refractivity contribution >= 4 is 22.6 Å². The molecule has 0 saturated carbocycles. The Bertz CT molecular complexity index is 622. The molecule has 2 aromatic carbocycles. The lowest BCUT2D eigenvalue weighted by Crippen LogP contribution is -2.30. The third-order valence-corrected chi connectivity index (χ3v) is 2.87. The fourth-order valence-corrected chi connectivity index (χ4v) is 1.81. The second-order valence-corrected chi connectivity index (χ2v) is 4.39. The molecular weight excluding hydrogens is 242 g/mol. The molecule has 0 fully saturated rings. The van der Waals surface area contributed by atoms with Crippen LogP contribution in [0, 0.1) is 0 Å². The van der Waals surface area contributed by atoms with Gasteiger partial charge in [-0.15, -0.1) is 0 Å². The first-order valence-electron chi connectivity index (χ1n) is 6.03. The second-order valence-electron chi connectivity index (χ2n) is 4.39.